The summed E-state index contributed by atoms with van der Waals surface area (Å²) in [6.45, 7) is 0. The fraction of sp³-hybridized carbons (Fsp3) is 0.280. The lowest BCUT2D eigenvalue weighted by Gasteiger charge is -2.15. The summed E-state index contributed by atoms with van der Waals surface area (Å²) in [7, 11) is 3.33. The molecule has 0 atom stereocenters. The van der Waals surface area contributed by atoms with Gasteiger partial charge in [-0.1, -0.05) is 36.4 Å². The number of pyridine rings is 1. The number of ketones is 1. The van der Waals surface area contributed by atoms with Gasteiger partial charge in [-0.05, 0) is 53.8 Å². The number of carbonyl (C=O) groups excluding carboxylic acids is 1. The van der Waals surface area contributed by atoms with Gasteiger partial charge in [0.2, 0.25) is 0 Å². The van der Waals surface area contributed by atoms with Gasteiger partial charge in [-0.2, -0.15) is 0 Å². The predicted octanol–water partition coefficient (Wildman–Crippen LogP) is 4.53. The molecule has 4 heteroatoms. The number of aromatic nitrogens is 1. The Hall–Kier alpha value is -3.14. The van der Waals surface area contributed by atoms with Gasteiger partial charge in [0.05, 0.1) is 19.6 Å². The number of rotatable bonds is 8. The van der Waals surface area contributed by atoms with Crippen molar-refractivity contribution in [2.24, 2.45) is 0 Å². The Labute approximate surface area is 171 Å². The number of hydrogen-bond acceptors (Lipinski definition) is 4. The molecule has 0 spiro atoms. The van der Waals surface area contributed by atoms with E-state index in [1.807, 2.05) is 54.7 Å². The quantitative estimate of drug-likeness (QED) is 0.570. The second-order valence-corrected chi connectivity index (χ2v) is 7.56. The number of benzene rings is 2. The summed E-state index contributed by atoms with van der Waals surface area (Å²) in [6, 6.07) is 19.9. The van der Waals surface area contributed by atoms with Crippen molar-refractivity contribution in [1.29, 1.82) is 0 Å². The Morgan fingerprint density at radius 1 is 0.966 bits per heavy atom. The third-order valence-corrected chi connectivity index (χ3v) is 5.74. The van der Waals surface area contributed by atoms with Crippen LogP contribution in [0.2, 0.25) is 0 Å². The van der Waals surface area contributed by atoms with E-state index in [9.17, 15) is 4.79 Å². The highest BCUT2D eigenvalue weighted by molar-refractivity contribution is 5.94. The minimum atomic E-state index is -0.343. The molecule has 3 aromatic rings. The molecule has 1 saturated carbocycles. The average molecular weight is 387 g/mol. The van der Waals surface area contributed by atoms with Gasteiger partial charge >= 0.3 is 0 Å². The minimum Gasteiger partial charge on any atom is -0.497 e. The molecule has 0 radical (unpaired) electrons. The summed E-state index contributed by atoms with van der Waals surface area (Å²) >= 11 is 0. The van der Waals surface area contributed by atoms with E-state index >= 15 is 0 Å². The van der Waals surface area contributed by atoms with Crippen LogP contribution in [-0.4, -0.2) is 25.0 Å². The highest BCUT2D eigenvalue weighted by Crippen LogP contribution is 2.49. The number of carbonyl (C=O) groups is 1. The third-order valence-electron chi connectivity index (χ3n) is 5.74. The number of ether oxygens (including phenoxy) is 2. The molecule has 4 nitrogen and oxygen atoms in total. The number of para-hydroxylation sites is 1. The van der Waals surface area contributed by atoms with E-state index in [1.165, 1.54) is 0 Å². The normalized spacial score (nSPS) is 14.3. The van der Waals surface area contributed by atoms with Gasteiger partial charge in [0.1, 0.15) is 17.3 Å². The molecule has 1 fully saturated rings. The Morgan fingerprint density at radius 2 is 1.72 bits per heavy atom. The van der Waals surface area contributed by atoms with Crippen LogP contribution in [0, 0.1) is 0 Å². The smallest absolute Gasteiger partial charge is 0.149 e. The molecule has 0 bridgehead atoms. The van der Waals surface area contributed by atoms with Gasteiger partial charge in [0.15, 0.2) is 0 Å². The topological polar surface area (TPSA) is 48.4 Å². The molecule has 0 amide bonds. The number of hydrogen-bond donors (Lipinski definition) is 0. The van der Waals surface area contributed by atoms with Crippen LogP contribution in [0.4, 0.5) is 0 Å². The Kier molecular flexibility index (Phi) is 5.34. The van der Waals surface area contributed by atoms with E-state index in [0.717, 1.165) is 53.1 Å². The molecule has 1 aliphatic carbocycles. The zero-order chi connectivity index (χ0) is 20.3. The average Bonchev–Trinajstić information content (AvgIpc) is 3.58. The van der Waals surface area contributed by atoms with Crippen LogP contribution in [0.3, 0.4) is 0 Å². The van der Waals surface area contributed by atoms with Crippen molar-refractivity contribution in [3.8, 4) is 11.5 Å². The van der Waals surface area contributed by atoms with Gasteiger partial charge in [-0.15, -0.1) is 0 Å². The van der Waals surface area contributed by atoms with Crippen molar-refractivity contribution in [1.82, 2.24) is 4.98 Å². The summed E-state index contributed by atoms with van der Waals surface area (Å²) in [4.78, 5) is 17.6. The maximum Gasteiger partial charge on any atom is 0.149 e. The molecule has 1 aliphatic rings. The standard InChI is InChI=1S/C25H25NO3/c1-28-22-11-8-20(9-12-22)25(13-14-25)24(27)16-21-10-7-18(17-26-21)15-19-5-3-4-6-23(19)29-2/h3-12,17H,13-16H2,1-2H3. The Bertz CT molecular complexity index is 989. The highest BCUT2D eigenvalue weighted by atomic mass is 16.5. The number of Topliss-reactive ketones (excluding diaryl/α,β-unsaturated/α-hetero) is 1. The first kappa shape index (κ1) is 19.2. The third kappa shape index (κ3) is 4.02. The Morgan fingerprint density at radius 3 is 2.34 bits per heavy atom. The van der Waals surface area contributed by atoms with Gasteiger partial charge in [-0.3, -0.25) is 9.78 Å². The van der Waals surface area contributed by atoms with Crippen LogP contribution in [0.1, 0.15) is 35.2 Å². The molecular formula is C25H25NO3. The molecule has 4 rings (SSSR count). The first-order chi connectivity index (χ1) is 14.1. The summed E-state index contributed by atoms with van der Waals surface area (Å²) in [5, 5.41) is 0. The number of methoxy groups -OCH3 is 2. The van der Waals surface area contributed by atoms with Crippen LogP contribution in [0.15, 0.2) is 66.9 Å². The zero-order valence-corrected chi connectivity index (χ0v) is 16.9. The molecule has 148 valence electrons. The summed E-state index contributed by atoms with van der Waals surface area (Å²) in [5.74, 6) is 1.93. The maximum atomic E-state index is 13.0. The van der Waals surface area contributed by atoms with Crippen molar-refractivity contribution in [2.45, 2.75) is 31.1 Å². The zero-order valence-electron chi connectivity index (χ0n) is 16.9. The van der Waals surface area contributed by atoms with Crippen molar-refractivity contribution in [3.05, 3.63) is 89.2 Å². The fourth-order valence-corrected chi connectivity index (χ4v) is 3.83. The van der Waals surface area contributed by atoms with E-state index in [1.54, 1.807) is 14.2 Å². The molecule has 0 saturated heterocycles. The van der Waals surface area contributed by atoms with Crippen molar-refractivity contribution in [2.75, 3.05) is 14.2 Å². The molecule has 0 aliphatic heterocycles. The SMILES string of the molecule is COc1ccc(C2(C(=O)Cc3ccc(Cc4ccccc4OC)cn3)CC2)cc1. The molecule has 1 aromatic heterocycles. The summed E-state index contributed by atoms with van der Waals surface area (Å²) in [5.41, 5.74) is 3.78. The van der Waals surface area contributed by atoms with Gasteiger partial charge < -0.3 is 9.47 Å². The lowest BCUT2D eigenvalue weighted by atomic mass is 9.89. The summed E-state index contributed by atoms with van der Waals surface area (Å²) in [6.07, 6.45) is 4.79. The van der Waals surface area contributed by atoms with Gasteiger partial charge in [0.25, 0.3) is 0 Å². The lowest BCUT2D eigenvalue weighted by Crippen LogP contribution is -2.22. The van der Waals surface area contributed by atoms with Crippen LogP contribution >= 0.6 is 0 Å². The molecule has 0 unspecified atom stereocenters. The van der Waals surface area contributed by atoms with E-state index < -0.39 is 0 Å². The second-order valence-electron chi connectivity index (χ2n) is 7.56. The minimum absolute atomic E-state index is 0.243. The number of nitrogens with zero attached hydrogens (tertiary/aromatic N) is 1. The molecular weight excluding hydrogens is 362 g/mol. The van der Waals surface area contributed by atoms with E-state index in [0.29, 0.717) is 6.42 Å². The molecule has 29 heavy (non-hydrogen) atoms. The van der Waals surface area contributed by atoms with Crippen molar-refractivity contribution < 1.29 is 14.3 Å². The van der Waals surface area contributed by atoms with E-state index in [4.69, 9.17) is 9.47 Å². The van der Waals surface area contributed by atoms with Crippen molar-refractivity contribution in [3.63, 3.8) is 0 Å². The Balaban J connectivity index is 1.44. The van der Waals surface area contributed by atoms with E-state index in [2.05, 4.69) is 17.1 Å². The lowest BCUT2D eigenvalue weighted by molar-refractivity contribution is -0.120. The fourth-order valence-electron chi connectivity index (χ4n) is 3.83. The van der Waals surface area contributed by atoms with Gasteiger partial charge in [0, 0.05) is 24.7 Å². The molecule has 1 heterocycles. The highest BCUT2D eigenvalue weighted by Gasteiger charge is 2.50. The van der Waals surface area contributed by atoms with E-state index in [-0.39, 0.29) is 11.2 Å². The van der Waals surface area contributed by atoms with Crippen molar-refractivity contribution >= 4 is 5.78 Å². The van der Waals surface area contributed by atoms with Gasteiger partial charge in [-0.25, -0.2) is 0 Å². The maximum absolute atomic E-state index is 13.0. The first-order valence-corrected chi connectivity index (χ1v) is 9.88. The molecule has 2 aromatic carbocycles. The first-order valence-electron chi connectivity index (χ1n) is 9.88. The monoisotopic (exact) mass is 387 g/mol. The predicted molar refractivity (Wildman–Crippen MR) is 113 cm³/mol. The van der Waals surface area contributed by atoms with Crippen LogP contribution in [0.25, 0.3) is 0 Å². The van der Waals surface area contributed by atoms with Crippen LogP contribution in [-0.2, 0) is 23.1 Å². The molecule has 0 N–H and O–H groups in total. The van der Waals surface area contributed by atoms with Crippen LogP contribution < -0.4 is 9.47 Å². The second kappa shape index (κ2) is 8.08. The largest absolute Gasteiger partial charge is 0.497 e. The summed E-state index contributed by atoms with van der Waals surface area (Å²) < 4.78 is 10.6. The van der Waals surface area contributed by atoms with Crippen LogP contribution in [0.5, 0.6) is 11.5 Å².